The monoisotopic (exact) mass is 469 g/mol. The van der Waals surface area contributed by atoms with Crippen molar-refractivity contribution >= 4 is 35.1 Å². The third-order valence-corrected chi connectivity index (χ3v) is 6.82. The number of thioether (sulfide) groups is 1. The summed E-state index contributed by atoms with van der Waals surface area (Å²) in [7, 11) is 0. The number of nitrogens with one attached hydrogen (secondary N) is 1. The lowest BCUT2D eigenvalue weighted by Crippen LogP contribution is -2.43. The minimum atomic E-state index is -0.0150. The van der Waals surface area contributed by atoms with Crippen LogP contribution < -0.4 is 19.9 Å². The highest BCUT2D eigenvalue weighted by Gasteiger charge is 2.27. The number of rotatable bonds is 7. The second-order valence-corrected chi connectivity index (χ2v) is 9.46. The molecule has 0 radical (unpaired) electrons. The molecule has 9 heteroatoms. The van der Waals surface area contributed by atoms with Gasteiger partial charge in [0.25, 0.3) is 0 Å². The van der Waals surface area contributed by atoms with Gasteiger partial charge >= 0.3 is 0 Å². The second-order valence-electron chi connectivity index (χ2n) is 8.46. The zero-order valence-electron chi connectivity index (χ0n) is 19.2. The van der Waals surface area contributed by atoms with Crippen molar-refractivity contribution in [2.45, 2.75) is 38.1 Å². The Morgan fingerprint density at radius 1 is 1.21 bits per heavy atom. The highest BCUT2D eigenvalue weighted by atomic mass is 32.2. The van der Waals surface area contributed by atoms with E-state index in [1.165, 1.54) is 11.8 Å². The average Bonchev–Trinajstić information content (AvgIpc) is 2.85. The molecule has 0 saturated carbocycles. The first kappa shape index (κ1) is 23.4. The van der Waals surface area contributed by atoms with Crippen LogP contribution in [0.25, 0.3) is 0 Å². The summed E-state index contributed by atoms with van der Waals surface area (Å²) in [5, 5.41) is 12.4. The summed E-state index contributed by atoms with van der Waals surface area (Å²) >= 11 is 1.38. The SMILES string of the molecule is CCCNC(=O)C1CCCN(c2ccc(SCC(=O)N3CCOc4ccc(C)cc43)nn2)C1. The van der Waals surface area contributed by atoms with E-state index in [0.29, 0.717) is 24.7 Å². The van der Waals surface area contributed by atoms with Gasteiger partial charge in [0.05, 0.1) is 23.9 Å². The van der Waals surface area contributed by atoms with Crippen molar-refractivity contribution in [1.29, 1.82) is 0 Å². The number of hydrogen-bond acceptors (Lipinski definition) is 7. The van der Waals surface area contributed by atoms with Crippen LogP contribution in [0.1, 0.15) is 31.7 Å². The first-order chi connectivity index (χ1) is 16.0. The average molecular weight is 470 g/mol. The molecule has 1 fully saturated rings. The third-order valence-electron chi connectivity index (χ3n) is 5.91. The first-order valence-electron chi connectivity index (χ1n) is 11.6. The number of hydrogen-bond donors (Lipinski definition) is 1. The van der Waals surface area contributed by atoms with Gasteiger partial charge < -0.3 is 19.9 Å². The zero-order valence-corrected chi connectivity index (χ0v) is 20.1. The fourth-order valence-corrected chi connectivity index (χ4v) is 4.84. The normalized spacial score (nSPS) is 17.8. The standard InChI is InChI=1S/C24H31N5O3S/c1-3-10-25-24(31)18-5-4-11-28(15-18)21-8-9-22(27-26-21)33-16-23(30)29-12-13-32-20-7-6-17(2)14-19(20)29/h6-9,14,18H,3-5,10-13,15-16H2,1-2H3,(H,25,31). The van der Waals surface area contributed by atoms with Crippen LogP contribution in [-0.4, -0.2) is 60.6 Å². The minimum absolute atomic E-state index is 0.0150. The van der Waals surface area contributed by atoms with Gasteiger partial charge in [-0.2, -0.15) is 0 Å². The lowest BCUT2D eigenvalue weighted by molar-refractivity contribution is -0.125. The molecule has 0 bridgehead atoms. The lowest BCUT2D eigenvalue weighted by Gasteiger charge is -2.32. The Hall–Kier alpha value is -2.81. The third kappa shape index (κ3) is 5.76. The molecule has 33 heavy (non-hydrogen) atoms. The maximum Gasteiger partial charge on any atom is 0.237 e. The van der Waals surface area contributed by atoms with E-state index in [9.17, 15) is 9.59 Å². The number of fused-ring (bicyclic) bond motifs is 1. The van der Waals surface area contributed by atoms with E-state index >= 15 is 0 Å². The predicted octanol–water partition coefficient (Wildman–Crippen LogP) is 3.05. The molecule has 0 aliphatic carbocycles. The van der Waals surface area contributed by atoms with Crippen molar-refractivity contribution in [3.8, 4) is 5.75 Å². The van der Waals surface area contributed by atoms with E-state index in [2.05, 4.69) is 27.3 Å². The summed E-state index contributed by atoms with van der Waals surface area (Å²) in [5.41, 5.74) is 1.92. The Morgan fingerprint density at radius 2 is 2.09 bits per heavy atom. The maximum absolute atomic E-state index is 12.9. The van der Waals surface area contributed by atoms with Crippen LogP contribution in [0, 0.1) is 12.8 Å². The van der Waals surface area contributed by atoms with Gasteiger partial charge in [-0.15, -0.1) is 10.2 Å². The maximum atomic E-state index is 12.9. The fraction of sp³-hybridized carbons (Fsp3) is 0.500. The summed E-state index contributed by atoms with van der Waals surface area (Å²) in [5.74, 6) is 1.94. The van der Waals surface area contributed by atoms with Crippen LogP contribution in [0.2, 0.25) is 0 Å². The molecule has 176 valence electrons. The van der Waals surface area contributed by atoms with E-state index in [0.717, 1.165) is 55.2 Å². The highest BCUT2D eigenvalue weighted by Crippen LogP contribution is 2.33. The quantitative estimate of drug-likeness (QED) is 0.624. The largest absolute Gasteiger partial charge is 0.490 e. The molecule has 1 aromatic heterocycles. The van der Waals surface area contributed by atoms with Crippen LogP contribution in [0.15, 0.2) is 35.4 Å². The number of ether oxygens (including phenoxy) is 1. The number of piperidine rings is 1. The van der Waals surface area contributed by atoms with E-state index in [-0.39, 0.29) is 23.5 Å². The van der Waals surface area contributed by atoms with Crippen molar-refractivity contribution < 1.29 is 14.3 Å². The molecule has 1 atom stereocenters. The Balaban J connectivity index is 1.33. The molecule has 0 spiro atoms. The van der Waals surface area contributed by atoms with E-state index in [1.807, 2.05) is 37.3 Å². The Morgan fingerprint density at radius 3 is 2.88 bits per heavy atom. The van der Waals surface area contributed by atoms with Crippen LogP contribution in [-0.2, 0) is 9.59 Å². The summed E-state index contributed by atoms with van der Waals surface area (Å²) in [4.78, 5) is 29.1. The first-order valence-corrected chi connectivity index (χ1v) is 12.6. The van der Waals surface area contributed by atoms with Crippen molar-refractivity contribution in [3.63, 3.8) is 0 Å². The molecule has 4 rings (SSSR count). The van der Waals surface area contributed by atoms with Gasteiger partial charge in [0.1, 0.15) is 17.4 Å². The molecule has 1 unspecified atom stereocenters. The number of anilines is 2. The summed E-state index contributed by atoms with van der Waals surface area (Å²) in [6, 6.07) is 9.72. The molecule has 2 amide bonds. The molecule has 1 saturated heterocycles. The van der Waals surface area contributed by atoms with Crippen LogP contribution in [0.4, 0.5) is 11.5 Å². The number of aryl methyl sites for hydroxylation is 1. The van der Waals surface area contributed by atoms with Crippen molar-refractivity contribution in [3.05, 3.63) is 35.9 Å². The highest BCUT2D eigenvalue weighted by molar-refractivity contribution is 7.99. The van der Waals surface area contributed by atoms with Crippen molar-refractivity contribution in [2.75, 3.05) is 48.3 Å². The van der Waals surface area contributed by atoms with Gasteiger partial charge in [-0.25, -0.2) is 0 Å². The van der Waals surface area contributed by atoms with Gasteiger partial charge in [0, 0.05) is 19.6 Å². The van der Waals surface area contributed by atoms with Gasteiger partial charge in [0.15, 0.2) is 5.82 Å². The molecule has 3 heterocycles. The molecule has 2 aromatic rings. The predicted molar refractivity (Wildman–Crippen MR) is 130 cm³/mol. The van der Waals surface area contributed by atoms with Gasteiger partial charge in [-0.1, -0.05) is 24.8 Å². The van der Waals surface area contributed by atoms with E-state index in [1.54, 1.807) is 4.90 Å². The Bertz CT molecular complexity index is 985. The molecule has 2 aliphatic heterocycles. The van der Waals surface area contributed by atoms with Crippen molar-refractivity contribution in [2.24, 2.45) is 5.92 Å². The number of aromatic nitrogens is 2. The number of benzene rings is 1. The van der Waals surface area contributed by atoms with Gasteiger partial charge in [-0.05, 0) is 56.0 Å². The lowest BCUT2D eigenvalue weighted by atomic mass is 9.97. The minimum Gasteiger partial charge on any atom is -0.490 e. The van der Waals surface area contributed by atoms with Crippen LogP contribution in [0.3, 0.4) is 0 Å². The van der Waals surface area contributed by atoms with Crippen LogP contribution in [0.5, 0.6) is 5.75 Å². The molecular weight excluding hydrogens is 438 g/mol. The molecule has 8 nitrogen and oxygen atoms in total. The smallest absolute Gasteiger partial charge is 0.237 e. The summed E-state index contributed by atoms with van der Waals surface area (Å²) in [6.45, 7) is 7.34. The Labute approximate surface area is 199 Å². The number of carbonyl (C=O) groups excluding carboxylic acids is 2. The molecule has 2 aliphatic rings. The van der Waals surface area contributed by atoms with E-state index in [4.69, 9.17) is 4.74 Å². The van der Waals surface area contributed by atoms with E-state index < -0.39 is 0 Å². The molecule has 1 N–H and O–H groups in total. The number of nitrogens with zero attached hydrogens (tertiary/aromatic N) is 4. The number of amides is 2. The molecular formula is C24H31N5O3S. The topological polar surface area (TPSA) is 87.7 Å². The second kappa shape index (κ2) is 10.9. The fourth-order valence-electron chi connectivity index (χ4n) is 4.15. The number of carbonyl (C=O) groups is 2. The molecule has 1 aromatic carbocycles. The zero-order chi connectivity index (χ0) is 23.2. The Kier molecular flexibility index (Phi) is 7.69. The summed E-state index contributed by atoms with van der Waals surface area (Å²) < 4.78 is 5.68. The van der Waals surface area contributed by atoms with Gasteiger partial charge in [0.2, 0.25) is 11.8 Å². The summed E-state index contributed by atoms with van der Waals surface area (Å²) in [6.07, 6.45) is 2.80. The van der Waals surface area contributed by atoms with Gasteiger partial charge in [-0.3, -0.25) is 9.59 Å². The van der Waals surface area contributed by atoms with Crippen LogP contribution >= 0.6 is 11.8 Å². The van der Waals surface area contributed by atoms with Crippen molar-refractivity contribution in [1.82, 2.24) is 15.5 Å².